The van der Waals surface area contributed by atoms with E-state index in [2.05, 4.69) is 4.98 Å². The fourth-order valence-electron chi connectivity index (χ4n) is 1.71. The molecule has 16 heavy (non-hydrogen) atoms. The molecule has 5 heteroatoms. The maximum Gasteiger partial charge on any atom is 0.259 e. The van der Waals surface area contributed by atoms with Gasteiger partial charge in [-0.05, 0) is 25.1 Å². The van der Waals surface area contributed by atoms with Crippen molar-refractivity contribution in [2.75, 3.05) is 0 Å². The Kier molecular flexibility index (Phi) is 2.02. The van der Waals surface area contributed by atoms with E-state index in [0.29, 0.717) is 9.98 Å². The topological polar surface area (TPSA) is 34.4 Å². The van der Waals surface area contributed by atoms with Gasteiger partial charge in [0.15, 0.2) is 4.96 Å². The van der Waals surface area contributed by atoms with Gasteiger partial charge in [-0.3, -0.25) is 9.20 Å². The zero-order valence-electron chi connectivity index (χ0n) is 8.40. The standard InChI is InChI=1S/C11H7ClN2OS/c1-6-4-10(15)14-8-3-2-7(12)5-9(8)16-11(14)13-6/h2-5H,1H3. The minimum Gasteiger partial charge on any atom is -0.269 e. The Hall–Kier alpha value is -1.39. The number of rotatable bonds is 0. The Morgan fingerprint density at radius 2 is 2.19 bits per heavy atom. The fraction of sp³-hybridized carbons (Fsp3) is 0.0909. The number of aryl methyl sites for hydroxylation is 1. The smallest absolute Gasteiger partial charge is 0.259 e. The first-order chi connectivity index (χ1) is 7.65. The first-order valence-corrected chi connectivity index (χ1v) is 5.93. The van der Waals surface area contributed by atoms with E-state index in [0.717, 1.165) is 15.9 Å². The first-order valence-electron chi connectivity index (χ1n) is 4.73. The highest BCUT2D eigenvalue weighted by Gasteiger charge is 2.08. The zero-order valence-corrected chi connectivity index (χ0v) is 9.97. The van der Waals surface area contributed by atoms with Crippen molar-refractivity contribution in [2.24, 2.45) is 0 Å². The van der Waals surface area contributed by atoms with Gasteiger partial charge in [-0.1, -0.05) is 22.9 Å². The van der Waals surface area contributed by atoms with Crippen molar-refractivity contribution in [3.63, 3.8) is 0 Å². The van der Waals surface area contributed by atoms with Crippen molar-refractivity contribution in [3.8, 4) is 0 Å². The molecule has 80 valence electrons. The summed E-state index contributed by atoms with van der Waals surface area (Å²) in [6.45, 7) is 1.82. The second-order valence-electron chi connectivity index (χ2n) is 3.57. The molecule has 0 N–H and O–H groups in total. The van der Waals surface area contributed by atoms with E-state index in [4.69, 9.17) is 11.6 Å². The summed E-state index contributed by atoms with van der Waals surface area (Å²) in [6.07, 6.45) is 0. The molecule has 0 saturated heterocycles. The molecule has 2 heterocycles. The van der Waals surface area contributed by atoms with E-state index < -0.39 is 0 Å². The molecule has 0 atom stereocenters. The Balaban J connectivity index is 2.61. The lowest BCUT2D eigenvalue weighted by atomic mass is 10.3. The summed E-state index contributed by atoms with van der Waals surface area (Å²) in [6, 6.07) is 7.01. The minimum absolute atomic E-state index is 0.0453. The van der Waals surface area contributed by atoms with Gasteiger partial charge >= 0.3 is 0 Å². The number of thiazole rings is 1. The summed E-state index contributed by atoms with van der Waals surface area (Å²) < 4.78 is 2.59. The zero-order chi connectivity index (χ0) is 11.3. The van der Waals surface area contributed by atoms with Crippen LogP contribution in [0.4, 0.5) is 0 Å². The van der Waals surface area contributed by atoms with E-state index in [1.165, 1.54) is 17.4 Å². The molecule has 0 aliphatic carbocycles. The number of nitrogens with zero attached hydrogens (tertiary/aromatic N) is 2. The van der Waals surface area contributed by atoms with Gasteiger partial charge in [0.05, 0.1) is 10.2 Å². The summed E-state index contributed by atoms with van der Waals surface area (Å²) >= 11 is 7.39. The van der Waals surface area contributed by atoms with Crippen LogP contribution in [0.5, 0.6) is 0 Å². The number of hydrogen-bond donors (Lipinski definition) is 0. The second-order valence-corrected chi connectivity index (χ2v) is 5.01. The normalized spacial score (nSPS) is 11.4. The molecule has 3 nitrogen and oxygen atoms in total. The molecule has 3 rings (SSSR count). The van der Waals surface area contributed by atoms with Crippen molar-refractivity contribution in [1.29, 1.82) is 0 Å². The van der Waals surface area contributed by atoms with Crippen molar-refractivity contribution in [1.82, 2.24) is 9.38 Å². The summed E-state index contributed by atoms with van der Waals surface area (Å²) in [5.41, 5.74) is 1.56. The number of benzene rings is 1. The fourth-order valence-corrected chi connectivity index (χ4v) is 3.07. The van der Waals surface area contributed by atoms with E-state index >= 15 is 0 Å². The summed E-state index contributed by atoms with van der Waals surface area (Å²) in [5, 5.41) is 0.670. The van der Waals surface area contributed by atoms with E-state index in [9.17, 15) is 4.79 Å². The molecular weight excluding hydrogens is 244 g/mol. The van der Waals surface area contributed by atoms with Gasteiger partial charge < -0.3 is 0 Å². The minimum atomic E-state index is -0.0453. The van der Waals surface area contributed by atoms with Crippen LogP contribution >= 0.6 is 22.9 Å². The number of fused-ring (bicyclic) bond motifs is 3. The Labute approximate surface area is 99.9 Å². The van der Waals surface area contributed by atoms with Crippen LogP contribution in [0.15, 0.2) is 29.1 Å². The van der Waals surface area contributed by atoms with Gasteiger partial charge in [0.25, 0.3) is 5.56 Å². The van der Waals surface area contributed by atoms with E-state index in [-0.39, 0.29) is 5.56 Å². The van der Waals surface area contributed by atoms with E-state index in [1.807, 2.05) is 19.1 Å². The third-order valence-corrected chi connectivity index (χ3v) is 3.62. The van der Waals surface area contributed by atoms with Crippen LogP contribution in [-0.4, -0.2) is 9.38 Å². The number of halogens is 1. The average molecular weight is 251 g/mol. The number of aromatic nitrogens is 2. The van der Waals surface area contributed by atoms with Crippen molar-refractivity contribution < 1.29 is 0 Å². The summed E-state index contributed by atoms with van der Waals surface area (Å²) in [4.78, 5) is 16.9. The maximum atomic E-state index is 11.9. The molecule has 0 bridgehead atoms. The molecule has 3 aromatic rings. The molecule has 0 radical (unpaired) electrons. The molecule has 0 aliphatic heterocycles. The largest absolute Gasteiger partial charge is 0.269 e. The molecule has 0 unspecified atom stereocenters. The van der Waals surface area contributed by atoms with Crippen molar-refractivity contribution >= 4 is 38.1 Å². The van der Waals surface area contributed by atoms with Gasteiger partial charge in [-0.25, -0.2) is 4.98 Å². The lowest BCUT2D eigenvalue weighted by molar-refractivity contribution is 1.08. The molecule has 0 amide bonds. The van der Waals surface area contributed by atoms with Crippen LogP contribution in [0.2, 0.25) is 5.02 Å². The molecule has 0 aliphatic rings. The molecule has 0 spiro atoms. The van der Waals surface area contributed by atoms with Gasteiger partial charge in [-0.2, -0.15) is 0 Å². The molecule has 0 fully saturated rings. The van der Waals surface area contributed by atoms with Crippen LogP contribution < -0.4 is 5.56 Å². The Bertz CT molecular complexity index is 760. The monoisotopic (exact) mass is 250 g/mol. The summed E-state index contributed by atoms with van der Waals surface area (Å²) in [7, 11) is 0. The summed E-state index contributed by atoms with van der Waals surface area (Å²) in [5.74, 6) is 0. The van der Waals surface area contributed by atoms with Crippen LogP contribution in [0, 0.1) is 6.92 Å². The Morgan fingerprint density at radius 3 is 3.00 bits per heavy atom. The third-order valence-electron chi connectivity index (χ3n) is 2.38. The third kappa shape index (κ3) is 1.34. The first kappa shape index (κ1) is 9.81. The van der Waals surface area contributed by atoms with Crippen LogP contribution in [-0.2, 0) is 0 Å². The molecule has 0 saturated carbocycles. The molecular formula is C11H7ClN2OS. The quantitative estimate of drug-likeness (QED) is 0.615. The molecule has 1 aromatic carbocycles. The van der Waals surface area contributed by atoms with Gasteiger partial charge in [-0.15, -0.1) is 0 Å². The predicted molar refractivity (Wildman–Crippen MR) is 66.6 cm³/mol. The number of hydrogen-bond acceptors (Lipinski definition) is 3. The lowest BCUT2D eigenvalue weighted by Gasteiger charge is -1.95. The molecule has 2 aromatic heterocycles. The van der Waals surface area contributed by atoms with Gasteiger partial charge in [0.1, 0.15) is 0 Å². The van der Waals surface area contributed by atoms with Gasteiger partial charge in [0.2, 0.25) is 0 Å². The van der Waals surface area contributed by atoms with Crippen LogP contribution in [0.1, 0.15) is 5.69 Å². The van der Waals surface area contributed by atoms with Crippen LogP contribution in [0.25, 0.3) is 15.2 Å². The average Bonchev–Trinajstić information content (AvgIpc) is 2.54. The highest BCUT2D eigenvalue weighted by molar-refractivity contribution is 7.23. The van der Waals surface area contributed by atoms with Gasteiger partial charge in [0, 0.05) is 16.8 Å². The van der Waals surface area contributed by atoms with Crippen LogP contribution in [0.3, 0.4) is 0 Å². The van der Waals surface area contributed by atoms with Crippen molar-refractivity contribution in [3.05, 3.63) is 45.3 Å². The highest BCUT2D eigenvalue weighted by Crippen LogP contribution is 2.26. The predicted octanol–water partition coefficient (Wildman–Crippen LogP) is 2.87. The van der Waals surface area contributed by atoms with Crippen molar-refractivity contribution in [2.45, 2.75) is 6.92 Å². The van der Waals surface area contributed by atoms with E-state index in [1.54, 1.807) is 10.5 Å². The highest BCUT2D eigenvalue weighted by atomic mass is 35.5. The Morgan fingerprint density at radius 1 is 1.38 bits per heavy atom. The second kappa shape index (κ2) is 3.30. The SMILES string of the molecule is Cc1cc(=O)n2c(n1)sc1cc(Cl)ccc12. The maximum absolute atomic E-state index is 11.9. The lowest BCUT2D eigenvalue weighted by Crippen LogP contribution is -2.12.